The predicted octanol–water partition coefficient (Wildman–Crippen LogP) is 2.71. The van der Waals surface area contributed by atoms with Crippen LogP contribution in [0.1, 0.15) is 40.0 Å². The smallest absolute Gasteiger partial charge is 0.244 e. The van der Waals surface area contributed by atoms with E-state index < -0.39 is 10.0 Å². The fraction of sp³-hybridized carbons (Fsp3) is 0.667. The van der Waals surface area contributed by atoms with Crippen molar-refractivity contribution in [1.29, 1.82) is 0 Å². The molecule has 6 heteroatoms. The lowest BCUT2D eigenvalue weighted by molar-refractivity contribution is 0.202. The summed E-state index contributed by atoms with van der Waals surface area (Å²) in [7, 11) is -3.44. The van der Waals surface area contributed by atoms with Crippen LogP contribution in [-0.2, 0) is 10.0 Å². The fourth-order valence-electron chi connectivity index (χ4n) is 2.66. The quantitative estimate of drug-likeness (QED) is 0.908. The van der Waals surface area contributed by atoms with Gasteiger partial charge >= 0.3 is 0 Å². The molecule has 1 aliphatic heterocycles. The molecule has 0 aromatic carbocycles. The fourth-order valence-corrected chi connectivity index (χ4v) is 4.37. The Balaban J connectivity index is 2.19. The van der Waals surface area contributed by atoms with Crippen molar-refractivity contribution >= 4 is 15.8 Å². The highest BCUT2D eigenvalue weighted by molar-refractivity contribution is 7.89. The second-order valence-electron chi connectivity index (χ2n) is 5.78. The SMILES string of the molecule is CCCNc1ccc(S(=O)(=O)N2CCCC(C)C2C)cn1. The number of nitrogens with zero attached hydrogens (tertiary/aromatic N) is 2. The molecule has 0 radical (unpaired) electrons. The Morgan fingerprint density at radius 2 is 2.14 bits per heavy atom. The third kappa shape index (κ3) is 3.55. The van der Waals surface area contributed by atoms with Crippen molar-refractivity contribution in [2.45, 2.75) is 51.0 Å². The van der Waals surface area contributed by atoms with Gasteiger partial charge in [-0.15, -0.1) is 0 Å². The molecule has 2 atom stereocenters. The number of hydrogen-bond acceptors (Lipinski definition) is 4. The minimum absolute atomic E-state index is 0.0432. The molecule has 1 aromatic rings. The van der Waals surface area contributed by atoms with Gasteiger partial charge in [0.2, 0.25) is 10.0 Å². The standard InChI is InChI=1S/C15H25N3O2S/c1-4-9-16-15-8-7-14(11-17-15)21(19,20)18-10-5-6-12(2)13(18)3/h7-8,11-13H,4-6,9-10H2,1-3H3,(H,16,17). The molecule has 0 aliphatic carbocycles. The first-order valence-electron chi connectivity index (χ1n) is 7.68. The molecule has 118 valence electrons. The first-order valence-corrected chi connectivity index (χ1v) is 9.12. The molecule has 1 N–H and O–H groups in total. The molecule has 0 saturated carbocycles. The van der Waals surface area contributed by atoms with E-state index in [2.05, 4.69) is 24.1 Å². The molecule has 0 spiro atoms. The topological polar surface area (TPSA) is 62.3 Å². The van der Waals surface area contributed by atoms with Crippen molar-refractivity contribution in [1.82, 2.24) is 9.29 Å². The van der Waals surface area contributed by atoms with Crippen LogP contribution in [0.25, 0.3) is 0 Å². The van der Waals surface area contributed by atoms with Gasteiger partial charge in [0.15, 0.2) is 0 Å². The summed E-state index contributed by atoms with van der Waals surface area (Å²) in [5.41, 5.74) is 0. The Hall–Kier alpha value is -1.14. The van der Waals surface area contributed by atoms with Crippen molar-refractivity contribution < 1.29 is 8.42 Å². The number of aromatic nitrogens is 1. The number of nitrogens with one attached hydrogen (secondary N) is 1. The normalized spacial score (nSPS) is 24.0. The van der Waals surface area contributed by atoms with Crippen LogP contribution < -0.4 is 5.32 Å². The molecule has 21 heavy (non-hydrogen) atoms. The molecule has 1 aliphatic rings. The molecular weight excluding hydrogens is 286 g/mol. The summed E-state index contributed by atoms with van der Waals surface area (Å²) in [5, 5.41) is 3.15. The van der Waals surface area contributed by atoms with Gasteiger partial charge in [-0.25, -0.2) is 13.4 Å². The van der Waals surface area contributed by atoms with Crippen molar-refractivity contribution in [3.63, 3.8) is 0 Å². The zero-order valence-electron chi connectivity index (χ0n) is 13.0. The van der Waals surface area contributed by atoms with E-state index in [0.29, 0.717) is 12.5 Å². The van der Waals surface area contributed by atoms with Crippen LogP contribution in [0.15, 0.2) is 23.2 Å². The third-order valence-electron chi connectivity index (χ3n) is 4.21. The summed E-state index contributed by atoms with van der Waals surface area (Å²) in [4.78, 5) is 4.49. The van der Waals surface area contributed by atoms with E-state index in [0.717, 1.165) is 31.6 Å². The Morgan fingerprint density at radius 3 is 2.76 bits per heavy atom. The largest absolute Gasteiger partial charge is 0.370 e. The molecule has 2 unspecified atom stereocenters. The number of pyridine rings is 1. The van der Waals surface area contributed by atoms with Crippen molar-refractivity contribution in [3.05, 3.63) is 18.3 Å². The average Bonchev–Trinajstić information content (AvgIpc) is 2.48. The van der Waals surface area contributed by atoms with E-state index >= 15 is 0 Å². The monoisotopic (exact) mass is 311 g/mol. The van der Waals surface area contributed by atoms with E-state index in [9.17, 15) is 8.42 Å². The predicted molar refractivity (Wildman–Crippen MR) is 84.8 cm³/mol. The maximum absolute atomic E-state index is 12.7. The van der Waals surface area contributed by atoms with Gasteiger partial charge in [-0.2, -0.15) is 4.31 Å². The third-order valence-corrected chi connectivity index (χ3v) is 6.18. The van der Waals surface area contributed by atoms with Crippen LogP contribution in [0.4, 0.5) is 5.82 Å². The van der Waals surface area contributed by atoms with Gasteiger partial charge in [0, 0.05) is 25.3 Å². The molecular formula is C15H25N3O2S. The van der Waals surface area contributed by atoms with Crippen LogP contribution in [0.3, 0.4) is 0 Å². The molecule has 1 aromatic heterocycles. The van der Waals surface area contributed by atoms with E-state index in [1.165, 1.54) is 6.20 Å². The lowest BCUT2D eigenvalue weighted by Gasteiger charge is -2.36. The number of rotatable bonds is 5. The minimum atomic E-state index is -3.44. The first-order chi connectivity index (χ1) is 9.96. The van der Waals surface area contributed by atoms with Crippen LogP contribution in [0.2, 0.25) is 0 Å². The highest BCUT2D eigenvalue weighted by atomic mass is 32.2. The Kier molecular flexibility index (Phi) is 5.22. The second kappa shape index (κ2) is 6.75. The Morgan fingerprint density at radius 1 is 1.38 bits per heavy atom. The number of sulfonamides is 1. The highest BCUT2D eigenvalue weighted by Gasteiger charge is 2.34. The second-order valence-corrected chi connectivity index (χ2v) is 7.67. The van der Waals surface area contributed by atoms with Crippen LogP contribution in [0.5, 0.6) is 0 Å². The summed E-state index contributed by atoms with van der Waals surface area (Å²) >= 11 is 0. The van der Waals surface area contributed by atoms with Crippen LogP contribution in [0, 0.1) is 5.92 Å². The van der Waals surface area contributed by atoms with Crippen molar-refractivity contribution in [2.24, 2.45) is 5.92 Å². The van der Waals surface area contributed by atoms with E-state index in [1.807, 2.05) is 6.92 Å². The maximum Gasteiger partial charge on any atom is 0.244 e. The first kappa shape index (κ1) is 16.2. The molecule has 5 nitrogen and oxygen atoms in total. The summed E-state index contributed by atoms with van der Waals surface area (Å²) < 4.78 is 27.1. The molecule has 2 rings (SSSR count). The number of hydrogen-bond donors (Lipinski definition) is 1. The summed E-state index contributed by atoms with van der Waals surface area (Å²) in [5.74, 6) is 1.11. The van der Waals surface area contributed by atoms with Gasteiger partial charge in [-0.1, -0.05) is 13.8 Å². The summed E-state index contributed by atoms with van der Waals surface area (Å²) in [6, 6.07) is 3.43. The molecule has 0 amide bonds. The zero-order valence-corrected chi connectivity index (χ0v) is 13.9. The van der Waals surface area contributed by atoms with Gasteiger partial charge in [-0.3, -0.25) is 0 Å². The Bertz CT molecular complexity index is 557. The number of piperidine rings is 1. The van der Waals surface area contributed by atoms with E-state index in [-0.39, 0.29) is 10.9 Å². The van der Waals surface area contributed by atoms with Crippen molar-refractivity contribution in [2.75, 3.05) is 18.4 Å². The summed E-state index contributed by atoms with van der Waals surface area (Å²) in [6.45, 7) is 7.61. The summed E-state index contributed by atoms with van der Waals surface area (Å²) in [6.07, 6.45) is 4.48. The van der Waals surface area contributed by atoms with Crippen LogP contribution in [-0.4, -0.2) is 36.8 Å². The Labute approximate surface area is 127 Å². The maximum atomic E-state index is 12.7. The van der Waals surface area contributed by atoms with Gasteiger partial charge in [0.25, 0.3) is 0 Å². The van der Waals surface area contributed by atoms with Gasteiger partial charge in [-0.05, 0) is 44.2 Å². The highest BCUT2D eigenvalue weighted by Crippen LogP contribution is 2.28. The lowest BCUT2D eigenvalue weighted by atomic mass is 9.94. The molecule has 1 fully saturated rings. The lowest BCUT2D eigenvalue weighted by Crippen LogP contribution is -2.45. The average molecular weight is 311 g/mol. The van der Waals surface area contributed by atoms with E-state index in [4.69, 9.17) is 0 Å². The zero-order chi connectivity index (χ0) is 15.5. The van der Waals surface area contributed by atoms with Gasteiger partial charge in [0.05, 0.1) is 0 Å². The van der Waals surface area contributed by atoms with E-state index in [1.54, 1.807) is 16.4 Å². The minimum Gasteiger partial charge on any atom is -0.370 e. The van der Waals surface area contributed by atoms with Gasteiger partial charge in [0.1, 0.15) is 10.7 Å². The molecule has 2 heterocycles. The van der Waals surface area contributed by atoms with Crippen molar-refractivity contribution in [3.8, 4) is 0 Å². The van der Waals surface area contributed by atoms with Crippen LogP contribution >= 0.6 is 0 Å². The number of anilines is 1. The van der Waals surface area contributed by atoms with Gasteiger partial charge < -0.3 is 5.32 Å². The molecule has 1 saturated heterocycles. The molecule has 0 bridgehead atoms.